The minimum Gasteiger partial charge on any atom is -0.323 e. The van der Waals surface area contributed by atoms with E-state index in [1.54, 1.807) is 6.07 Å². The molecule has 0 radical (unpaired) electrons. The van der Waals surface area contributed by atoms with Crippen LogP contribution in [-0.4, -0.2) is 29.4 Å². The number of nitro groups is 1. The first-order chi connectivity index (χ1) is 14.8. The number of hydrogen-bond acceptors (Lipinski definition) is 8. The van der Waals surface area contributed by atoms with Gasteiger partial charge in [0.2, 0.25) is 11.0 Å². The second-order valence-corrected chi connectivity index (χ2v) is 8.90. The normalized spacial score (nSPS) is 11.4. The molecular weight excluding hydrogens is 442 g/mol. The largest absolute Gasteiger partial charge is 0.323 e. The average molecular weight is 460 g/mol. The first-order valence-electron chi connectivity index (χ1n) is 8.95. The Hall–Kier alpha value is -3.64. The third-order valence-corrected chi connectivity index (χ3v) is 6.40. The number of rotatable bonds is 8. The van der Waals surface area contributed by atoms with E-state index in [0.717, 1.165) is 11.3 Å². The van der Waals surface area contributed by atoms with Gasteiger partial charge in [-0.25, -0.2) is 8.42 Å². The Bertz CT molecular complexity index is 1240. The molecule has 3 rings (SSSR count). The van der Waals surface area contributed by atoms with Crippen LogP contribution in [0.3, 0.4) is 0 Å². The summed E-state index contributed by atoms with van der Waals surface area (Å²) in [6, 6.07) is 11.5. The van der Waals surface area contributed by atoms with Crippen molar-refractivity contribution in [3.8, 4) is 0 Å². The predicted molar refractivity (Wildman–Crippen MR) is 117 cm³/mol. The molecule has 0 aliphatic heterocycles. The van der Waals surface area contributed by atoms with Gasteiger partial charge in [-0.15, -0.1) is 10.2 Å². The van der Waals surface area contributed by atoms with Crippen LogP contribution in [0.4, 0.5) is 16.5 Å². The van der Waals surface area contributed by atoms with Crippen molar-refractivity contribution in [1.29, 1.82) is 0 Å². The number of nitro benzene ring substituents is 1. The monoisotopic (exact) mass is 459 g/mol. The predicted octanol–water partition coefficient (Wildman–Crippen LogP) is 3.46. The van der Waals surface area contributed by atoms with Crippen LogP contribution in [0.1, 0.15) is 17.5 Å². The van der Waals surface area contributed by atoms with Crippen LogP contribution in [0.25, 0.3) is 6.08 Å². The number of amides is 1. The lowest BCUT2D eigenvalue weighted by Crippen LogP contribution is -2.13. The molecule has 2 aromatic carbocycles. The maximum atomic E-state index is 12.4. The molecule has 1 amide bonds. The number of hydrogen-bond donors (Lipinski definition) is 2. The second-order valence-electron chi connectivity index (χ2n) is 6.16. The number of aromatic nitrogens is 2. The summed E-state index contributed by atoms with van der Waals surface area (Å²) in [4.78, 5) is 22.4. The van der Waals surface area contributed by atoms with E-state index in [0.29, 0.717) is 22.7 Å². The lowest BCUT2D eigenvalue weighted by molar-refractivity contribution is -0.384. The van der Waals surface area contributed by atoms with Gasteiger partial charge in [0.05, 0.1) is 9.82 Å². The Morgan fingerprint density at radius 1 is 1.19 bits per heavy atom. The number of anilines is 2. The van der Waals surface area contributed by atoms with Crippen molar-refractivity contribution in [2.24, 2.45) is 0 Å². The van der Waals surface area contributed by atoms with Crippen molar-refractivity contribution in [2.45, 2.75) is 18.2 Å². The van der Waals surface area contributed by atoms with Gasteiger partial charge in [0.25, 0.3) is 15.7 Å². The van der Waals surface area contributed by atoms with Gasteiger partial charge in [-0.05, 0) is 42.3 Å². The fourth-order valence-corrected chi connectivity index (χ4v) is 4.34. The Kier molecular flexibility index (Phi) is 6.72. The Morgan fingerprint density at radius 3 is 2.58 bits per heavy atom. The lowest BCUT2D eigenvalue weighted by atomic mass is 10.2. The van der Waals surface area contributed by atoms with Gasteiger partial charge in [-0.2, -0.15) is 0 Å². The Morgan fingerprint density at radius 2 is 1.94 bits per heavy atom. The molecule has 31 heavy (non-hydrogen) atoms. The van der Waals surface area contributed by atoms with E-state index < -0.39 is 20.9 Å². The van der Waals surface area contributed by atoms with Crippen molar-refractivity contribution >= 4 is 49.8 Å². The van der Waals surface area contributed by atoms with Crippen molar-refractivity contribution in [2.75, 3.05) is 10.0 Å². The summed E-state index contributed by atoms with van der Waals surface area (Å²) in [5, 5.41) is 21.9. The number of aryl methyl sites for hydroxylation is 1. The van der Waals surface area contributed by atoms with E-state index in [1.165, 1.54) is 54.6 Å². The van der Waals surface area contributed by atoms with Gasteiger partial charge >= 0.3 is 0 Å². The summed E-state index contributed by atoms with van der Waals surface area (Å²) in [7, 11) is -3.83. The van der Waals surface area contributed by atoms with Crippen LogP contribution in [0.15, 0.2) is 59.5 Å². The number of benzene rings is 2. The molecule has 0 unspecified atom stereocenters. The van der Waals surface area contributed by atoms with Crippen LogP contribution < -0.4 is 10.0 Å². The minimum atomic E-state index is -3.83. The van der Waals surface area contributed by atoms with Gasteiger partial charge in [0, 0.05) is 23.9 Å². The van der Waals surface area contributed by atoms with E-state index in [1.807, 2.05) is 6.92 Å². The second kappa shape index (κ2) is 9.45. The highest BCUT2D eigenvalue weighted by Gasteiger charge is 2.16. The Balaban J connectivity index is 1.63. The highest BCUT2D eigenvalue weighted by atomic mass is 32.2. The Labute approximate surface area is 181 Å². The number of carbonyl (C=O) groups excluding carboxylic acids is 1. The van der Waals surface area contributed by atoms with Crippen LogP contribution in [0.2, 0.25) is 0 Å². The fraction of sp³-hybridized carbons (Fsp3) is 0.105. The highest BCUT2D eigenvalue weighted by molar-refractivity contribution is 7.93. The van der Waals surface area contributed by atoms with E-state index >= 15 is 0 Å². The standard InChI is InChI=1S/C19H17N5O5S2/c1-2-18-21-22-19(30-18)23-31(28,29)16-9-7-14(8-10-16)20-17(25)11-6-13-4-3-5-15(12-13)24(26)27/h3-12H,2H2,1H3,(H,20,25)(H,22,23). The molecule has 0 fully saturated rings. The summed E-state index contributed by atoms with van der Waals surface area (Å²) in [6.07, 6.45) is 3.33. The summed E-state index contributed by atoms with van der Waals surface area (Å²) in [5.74, 6) is -0.471. The van der Waals surface area contributed by atoms with Crippen molar-refractivity contribution in [1.82, 2.24) is 10.2 Å². The SMILES string of the molecule is CCc1nnc(NS(=O)(=O)c2ccc(NC(=O)C=Cc3cccc([N+](=O)[O-])c3)cc2)s1. The maximum Gasteiger partial charge on any atom is 0.270 e. The fourth-order valence-electron chi connectivity index (χ4n) is 2.43. The molecule has 1 heterocycles. The molecule has 0 saturated carbocycles. The van der Waals surface area contributed by atoms with Gasteiger partial charge < -0.3 is 5.32 Å². The zero-order valence-corrected chi connectivity index (χ0v) is 17.8. The number of nitrogens with one attached hydrogen (secondary N) is 2. The highest BCUT2D eigenvalue weighted by Crippen LogP contribution is 2.21. The third kappa shape index (κ3) is 5.93. The molecular formula is C19H17N5O5S2. The summed E-state index contributed by atoms with van der Waals surface area (Å²) < 4.78 is 27.3. The molecule has 0 spiro atoms. The minimum absolute atomic E-state index is 0.00545. The molecule has 10 nitrogen and oxygen atoms in total. The van der Waals surface area contributed by atoms with Crippen molar-refractivity contribution < 1.29 is 18.1 Å². The van der Waals surface area contributed by atoms with Gasteiger partial charge in [0.1, 0.15) is 5.01 Å². The molecule has 0 aliphatic carbocycles. The molecule has 2 N–H and O–H groups in total. The zero-order chi connectivity index (χ0) is 22.4. The smallest absolute Gasteiger partial charge is 0.270 e. The van der Waals surface area contributed by atoms with Crippen LogP contribution >= 0.6 is 11.3 Å². The molecule has 1 aromatic heterocycles. The molecule has 3 aromatic rings. The molecule has 160 valence electrons. The van der Waals surface area contributed by atoms with Crippen LogP contribution in [-0.2, 0) is 21.2 Å². The topological polar surface area (TPSA) is 144 Å². The van der Waals surface area contributed by atoms with Gasteiger partial charge in [-0.3, -0.25) is 19.6 Å². The number of carbonyl (C=O) groups is 1. The van der Waals surface area contributed by atoms with Crippen molar-refractivity contribution in [3.05, 3.63) is 75.3 Å². The van der Waals surface area contributed by atoms with E-state index in [-0.39, 0.29) is 15.7 Å². The van der Waals surface area contributed by atoms with E-state index in [2.05, 4.69) is 20.2 Å². The maximum absolute atomic E-state index is 12.4. The van der Waals surface area contributed by atoms with Gasteiger partial charge in [-0.1, -0.05) is 30.4 Å². The zero-order valence-electron chi connectivity index (χ0n) is 16.2. The first kappa shape index (κ1) is 22.1. The average Bonchev–Trinajstić information content (AvgIpc) is 3.19. The lowest BCUT2D eigenvalue weighted by Gasteiger charge is -2.06. The number of sulfonamides is 1. The molecule has 0 saturated heterocycles. The molecule has 0 aliphatic rings. The summed E-state index contributed by atoms with van der Waals surface area (Å²) in [6.45, 7) is 1.89. The first-order valence-corrected chi connectivity index (χ1v) is 11.3. The van der Waals surface area contributed by atoms with Crippen LogP contribution in [0.5, 0.6) is 0 Å². The summed E-state index contributed by atoms with van der Waals surface area (Å²) in [5.41, 5.74) is 0.809. The number of nitrogens with zero attached hydrogens (tertiary/aromatic N) is 3. The molecule has 12 heteroatoms. The van der Waals surface area contributed by atoms with E-state index in [9.17, 15) is 23.3 Å². The quantitative estimate of drug-likeness (QED) is 0.298. The number of non-ortho nitro benzene ring substituents is 1. The third-order valence-electron chi connectivity index (χ3n) is 3.93. The van der Waals surface area contributed by atoms with Crippen molar-refractivity contribution in [3.63, 3.8) is 0 Å². The summed E-state index contributed by atoms with van der Waals surface area (Å²) >= 11 is 1.16. The molecule has 0 atom stereocenters. The van der Waals surface area contributed by atoms with Crippen LogP contribution in [0, 0.1) is 10.1 Å². The van der Waals surface area contributed by atoms with E-state index in [4.69, 9.17) is 0 Å². The molecule has 0 bridgehead atoms. The van der Waals surface area contributed by atoms with Gasteiger partial charge in [0.15, 0.2) is 0 Å².